The Morgan fingerprint density at radius 2 is 2.12 bits per heavy atom. The molecule has 4 N–H and O–H groups in total. The van der Waals surface area contributed by atoms with Crippen molar-refractivity contribution < 1.29 is 23.1 Å². The van der Waals surface area contributed by atoms with Gasteiger partial charge in [-0.15, -0.1) is 0 Å². The second-order valence-corrected chi connectivity index (χ2v) is 8.94. The maximum atomic E-state index is 14.8. The summed E-state index contributed by atoms with van der Waals surface area (Å²) >= 11 is 0.795. The number of anilines is 1. The van der Waals surface area contributed by atoms with Gasteiger partial charge < -0.3 is 20.7 Å². The molecule has 1 aliphatic rings. The molecule has 4 rings (SSSR count). The molecule has 1 saturated heterocycles. The summed E-state index contributed by atoms with van der Waals surface area (Å²) in [5.74, 6) is -2.62. The molecule has 0 radical (unpaired) electrons. The van der Waals surface area contributed by atoms with Crippen LogP contribution in [0, 0.1) is 11.6 Å². The number of nitrogens with zero attached hydrogens (tertiary/aromatic N) is 2. The summed E-state index contributed by atoms with van der Waals surface area (Å²) in [6.45, 7) is 1.01. The van der Waals surface area contributed by atoms with Gasteiger partial charge in [0, 0.05) is 18.0 Å². The van der Waals surface area contributed by atoms with Crippen molar-refractivity contribution in [1.29, 1.82) is 0 Å². The number of amides is 3. The number of hydrogen-bond donors (Lipinski definition) is 3. The highest BCUT2D eigenvalue weighted by Crippen LogP contribution is 2.32. The van der Waals surface area contributed by atoms with E-state index >= 15 is 0 Å². The van der Waals surface area contributed by atoms with Gasteiger partial charge in [-0.05, 0) is 55.8 Å². The Kier molecular flexibility index (Phi) is 7.23. The van der Waals surface area contributed by atoms with Gasteiger partial charge >= 0.3 is 6.03 Å². The third-order valence-corrected chi connectivity index (χ3v) is 6.70. The maximum absolute atomic E-state index is 14.8. The van der Waals surface area contributed by atoms with Crippen molar-refractivity contribution in [1.82, 2.24) is 14.6 Å². The van der Waals surface area contributed by atoms with Crippen molar-refractivity contribution in [3.05, 3.63) is 53.1 Å². The van der Waals surface area contributed by atoms with Crippen molar-refractivity contribution in [3.8, 4) is 5.88 Å². The van der Waals surface area contributed by atoms with Gasteiger partial charge in [0.25, 0.3) is 5.91 Å². The monoisotopic (exact) mass is 489 g/mol. The normalized spacial score (nSPS) is 16.0. The predicted octanol–water partition coefficient (Wildman–Crippen LogP) is 3.86. The molecular formula is C23H25F2N5O3S. The fourth-order valence-corrected chi connectivity index (χ4v) is 4.84. The Balaban J connectivity index is 1.42. The number of nitrogens with two attached hydrogens (primary N) is 1. The third kappa shape index (κ3) is 5.10. The molecule has 0 aliphatic carbocycles. The Hall–Kier alpha value is -3.31. The number of aromatic nitrogens is 1. The summed E-state index contributed by atoms with van der Waals surface area (Å²) in [5, 5.41) is 6.08. The largest absolute Gasteiger partial charge is 0.471 e. The number of nitrogens with one attached hydrogen (secondary N) is 2. The van der Waals surface area contributed by atoms with Crippen LogP contribution >= 0.6 is 11.5 Å². The molecule has 3 aromatic rings. The van der Waals surface area contributed by atoms with Crippen LogP contribution in [0.4, 0.5) is 18.6 Å². The number of ether oxygens (including phenoxy) is 1. The van der Waals surface area contributed by atoms with Gasteiger partial charge in [-0.2, -0.15) is 4.37 Å². The molecule has 1 fully saturated rings. The van der Waals surface area contributed by atoms with E-state index in [0.29, 0.717) is 18.0 Å². The van der Waals surface area contributed by atoms with E-state index in [-0.39, 0.29) is 27.4 Å². The molecule has 2 heterocycles. The summed E-state index contributed by atoms with van der Waals surface area (Å²) in [7, 11) is 2.06. The van der Waals surface area contributed by atoms with Crippen molar-refractivity contribution in [2.75, 3.05) is 25.5 Å². The zero-order chi connectivity index (χ0) is 24.2. The molecule has 1 aromatic heterocycles. The molecule has 11 heteroatoms. The Bertz CT molecular complexity index is 1220. The van der Waals surface area contributed by atoms with E-state index in [0.717, 1.165) is 37.3 Å². The number of rotatable bonds is 8. The Morgan fingerprint density at radius 3 is 2.85 bits per heavy atom. The summed E-state index contributed by atoms with van der Waals surface area (Å²) in [4.78, 5) is 26.6. The highest BCUT2D eigenvalue weighted by atomic mass is 32.1. The van der Waals surface area contributed by atoms with E-state index in [4.69, 9.17) is 10.5 Å². The first kappa shape index (κ1) is 23.8. The molecule has 8 nitrogen and oxygen atoms in total. The number of benzene rings is 2. The molecule has 0 bridgehead atoms. The zero-order valence-corrected chi connectivity index (χ0v) is 19.4. The minimum absolute atomic E-state index is 0.0949. The fourth-order valence-electron chi connectivity index (χ4n) is 4.11. The van der Waals surface area contributed by atoms with Crippen LogP contribution in [0.25, 0.3) is 10.8 Å². The average molecular weight is 490 g/mol. The van der Waals surface area contributed by atoms with Crippen molar-refractivity contribution in [3.63, 3.8) is 0 Å². The summed E-state index contributed by atoms with van der Waals surface area (Å²) in [5.41, 5.74) is 5.00. The molecular weight excluding hydrogens is 464 g/mol. The Morgan fingerprint density at radius 1 is 1.32 bits per heavy atom. The van der Waals surface area contributed by atoms with Gasteiger partial charge in [0.1, 0.15) is 28.8 Å². The van der Waals surface area contributed by atoms with Crippen molar-refractivity contribution in [2.45, 2.75) is 31.9 Å². The fraction of sp³-hybridized carbons (Fsp3) is 0.348. The quantitative estimate of drug-likeness (QED) is 0.445. The topological polar surface area (TPSA) is 110 Å². The molecule has 180 valence electrons. The summed E-state index contributed by atoms with van der Waals surface area (Å²) in [6, 6.07) is 7.61. The van der Waals surface area contributed by atoms with Crippen LogP contribution in [0.15, 0.2) is 30.3 Å². The van der Waals surface area contributed by atoms with E-state index in [1.807, 2.05) is 0 Å². The lowest BCUT2D eigenvalue weighted by Crippen LogP contribution is -2.34. The van der Waals surface area contributed by atoms with Crippen LogP contribution in [-0.4, -0.2) is 47.4 Å². The lowest BCUT2D eigenvalue weighted by atomic mass is 10.1. The average Bonchev–Trinajstić information content (AvgIpc) is 3.39. The zero-order valence-electron chi connectivity index (χ0n) is 18.6. The number of carbonyl (C=O) groups is 2. The molecule has 34 heavy (non-hydrogen) atoms. The molecule has 1 aliphatic heterocycles. The lowest BCUT2D eigenvalue weighted by molar-refractivity contribution is 0.0996. The SMILES string of the molecule is CN1CCCC1CCNC(=O)Nc1snc(OCc2c(F)cc3ccccc3c2F)c1C(N)=O. The van der Waals surface area contributed by atoms with Crippen LogP contribution in [0.5, 0.6) is 5.88 Å². The first-order chi connectivity index (χ1) is 16.3. The highest BCUT2D eigenvalue weighted by Gasteiger charge is 2.24. The summed E-state index contributed by atoms with van der Waals surface area (Å²) < 4.78 is 38.8. The van der Waals surface area contributed by atoms with E-state index < -0.39 is 30.2 Å². The van der Waals surface area contributed by atoms with E-state index in [1.165, 1.54) is 12.1 Å². The van der Waals surface area contributed by atoms with Gasteiger partial charge in [0.05, 0.1) is 5.56 Å². The second-order valence-electron chi connectivity index (χ2n) is 8.16. The minimum atomic E-state index is -0.883. The van der Waals surface area contributed by atoms with Crippen LogP contribution in [0.1, 0.15) is 35.2 Å². The Labute approximate surface area is 199 Å². The first-order valence-corrected chi connectivity index (χ1v) is 11.7. The smallest absolute Gasteiger partial charge is 0.319 e. The van der Waals surface area contributed by atoms with E-state index in [9.17, 15) is 18.4 Å². The number of carbonyl (C=O) groups excluding carboxylic acids is 2. The molecule has 1 unspecified atom stereocenters. The maximum Gasteiger partial charge on any atom is 0.319 e. The van der Waals surface area contributed by atoms with Crippen molar-refractivity contribution in [2.24, 2.45) is 5.73 Å². The third-order valence-electron chi connectivity index (χ3n) is 5.95. The van der Waals surface area contributed by atoms with Crippen LogP contribution in [-0.2, 0) is 6.61 Å². The minimum Gasteiger partial charge on any atom is -0.471 e. The summed E-state index contributed by atoms with van der Waals surface area (Å²) in [6.07, 6.45) is 3.05. The highest BCUT2D eigenvalue weighted by molar-refractivity contribution is 7.11. The number of hydrogen-bond acceptors (Lipinski definition) is 6. The molecule has 3 amide bonds. The number of likely N-dealkylation sites (tertiary alicyclic amines) is 1. The number of primary amides is 1. The van der Waals surface area contributed by atoms with Crippen LogP contribution in [0.2, 0.25) is 0 Å². The molecule has 1 atom stereocenters. The van der Waals surface area contributed by atoms with E-state index in [1.54, 1.807) is 18.2 Å². The van der Waals surface area contributed by atoms with E-state index in [2.05, 4.69) is 27.0 Å². The van der Waals surface area contributed by atoms with Gasteiger partial charge in [-0.25, -0.2) is 13.6 Å². The van der Waals surface area contributed by atoms with Gasteiger partial charge in [-0.3, -0.25) is 10.1 Å². The standard InChI is InChI=1S/C23H25F2N5O3S/c1-30-10-4-6-14(30)8-9-27-23(32)28-22-18(20(26)31)21(29-34-22)33-12-16-17(24)11-13-5-2-3-7-15(13)19(16)25/h2-3,5,7,11,14H,4,6,8-10,12H2,1H3,(H2,26,31)(H2,27,28,32). The van der Waals surface area contributed by atoms with Crippen LogP contribution in [0.3, 0.4) is 0 Å². The number of urea groups is 1. The second kappa shape index (κ2) is 10.3. The van der Waals surface area contributed by atoms with Gasteiger partial charge in [-0.1, -0.05) is 24.3 Å². The van der Waals surface area contributed by atoms with Crippen LogP contribution < -0.4 is 21.1 Å². The van der Waals surface area contributed by atoms with Gasteiger partial charge in [0.15, 0.2) is 0 Å². The lowest BCUT2D eigenvalue weighted by Gasteiger charge is -2.19. The van der Waals surface area contributed by atoms with Crippen molar-refractivity contribution >= 4 is 39.2 Å². The molecule has 0 saturated carbocycles. The molecule has 2 aromatic carbocycles. The van der Waals surface area contributed by atoms with Gasteiger partial charge in [0.2, 0.25) is 5.88 Å². The first-order valence-electron chi connectivity index (χ1n) is 10.9. The number of halogens is 2. The number of fused-ring (bicyclic) bond motifs is 1. The predicted molar refractivity (Wildman–Crippen MR) is 126 cm³/mol. The molecule has 0 spiro atoms.